The molecule has 7 atom stereocenters. The van der Waals surface area contributed by atoms with Gasteiger partial charge in [-0.1, -0.05) is 36.8 Å². The summed E-state index contributed by atoms with van der Waals surface area (Å²) in [7, 11) is 0. The lowest BCUT2D eigenvalue weighted by atomic mass is 9.46. The number of alkyl halides is 5. The molecule has 5 rings (SSSR count). The standard InChI is InChI=1S/C27H29F5O3/c1-24-13-21(16-4-2-15(14-33)3-5-16)23-19-9-7-18(34)12-17(19)6-8-20(23)22(24)10-11-25(24,35)26(28,29)27(30,31)32/h2-5,12,14,19-23,35H,6-11,13H2,1H3/t19-,20-,21+,22-,23+,24-,25-/m0/s1. The number of rotatable bonds is 3. The molecule has 35 heavy (non-hydrogen) atoms. The van der Waals surface area contributed by atoms with E-state index in [-0.39, 0.29) is 42.3 Å². The highest BCUT2D eigenvalue weighted by Crippen LogP contribution is 2.71. The van der Waals surface area contributed by atoms with E-state index in [0.29, 0.717) is 37.5 Å². The number of carbonyl (C=O) groups is 2. The summed E-state index contributed by atoms with van der Waals surface area (Å²) in [5.74, 6) is -6.12. The largest absolute Gasteiger partial charge is 0.456 e. The van der Waals surface area contributed by atoms with Crippen LogP contribution >= 0.6 is 0 Å². The van der Waals surface area contributed by atoms with Crippen LogP contribution in [0.2, 0.25) is 0 Å². The molecule has 3 fully saturated rings. The molecule has 1 aromatic carbocycles. The summed E-state index contributed by atoms with van der Waals surface area (Å²) in [4.78, 5) is 23.3. The monoisotopic (exact) mass is 496 g/mol. The molecular formula is C27H29F5O3. The maximum Gasteiger partial charge on any atom is 0.456 e. The number of halogens is 5. The van der Waals surface area contributed by atoms with Crippen LogP contribution in [-0.2, 0) is 4.79 Å². The molecule has 0 radical (unpaired) electrons. The molecule has 4 aliphatic carbocycles. The molecule has 0 heterocycles. The fourth-order valence-electron chi connectivity index (χ4n) is 8.23. The summed E-state index contributed by atoms with van der Waals surface area (Å²) in [6.45, 7) is 1.42. The van der Waals surface area contributed by atoms with Gasteiger partial charge >= 0.3 is 12.1 Å². The van der Waals surface area contributed by atoms with Gasteiger partial charge < -0.3 is 5.11 Å². The number of allylic oxidation sites excluding steroid dienone is 1. The number of ketones is 1. The van der Waals surface area contributed by atoms with Crippen molar-refractivity contribution >= 4 is 12.1 Å². The van der Waals surface area contributed by atoms with E-state index in [9.17, 15) is 36.6 Å². The highest BCUT2D eigenvalue weighted by Gasteiger charge is 2.79. The number of aldehydes is 1. The number of fused-ring (bicyclic) bond motifs is 5. The molecule has 190 valence electrons. The molecule has 0 unspecified atom stereocenters. The van der Waals surface area contributed by atoms with Crippen LogP contribution < -0.4 is 0 Å². The van der Waals surface area contributed by atoms with Gasteiger partial charge in [-0.05, 0) is 79.8 Å². The first kappa shape index (κ1) is 24.6. The highest BCUT2D eigenvalue weighted by atomic mass is 19.4. The normalized spacial score (nSPS) is 39.3. The molecule has 3 nitrogen and oxygen atoms in total. The first-order valence-corrected chi connectivity index (χ1v) is 12.3. The number of carbonyl (C=O) groups excluding carboxylic acids is 2. The fraction of sp³-hybridized carbons (Fsp3) is 0.630. The third-order valence-electron chi connectivity index (χ3n) is 9.83. The van der Waals surface area contributed by atoms with Gasteiger partial charge in [0.2, 0.25) is 0 Å². The Kier molecular flexibility index (Phi) is 5.59. The van der Waals surface area contributed by atoms with E-state index in [2.05, 4.69) is 0 Å². The maximum atomic E-state index is 14.9. The van der Waals surface area contributed by atoms with Gasteiger partial charge in [-0.25, -0.2) is 0 Å². The van der Waals surface area contributed by atoms with Crippen LogP contribution in [0.15, 0.2) is 35.9 Å². The van der Waals surface area contributed by atoms with Crippen molar-refractivity contribution in [2.45, 2.75) is 75.5 Å². The lowest BCUT2D eigenvalue weighted by molar-refractivity contribution is -0.364. The van der Waals surface area contributed by atoms with Gasteiger partial charge in [-0.3, -0.25) is 9.59 Å². The number of hydrogen-bond acceptors (Lipinski definition) is 3. The van der Waals surface area contributed by atoms with Gasteiger partial charge in [0.15, 0.2) is 5.78 Å². The summed E-state index contributed by atoms with van der Waals surface area (Å²) in [6.07, 6.45) is -1.72. The predicted molar refractivity (Wildman–Crippen MR) is 118 cm³/mol. The second kappa shape index (κ2) is 7.95. The number of benzene rings is 1. The van der Waals surface area contributed by atoms with E-state index in [1.807, 2.05) is 0 Å². The smallest absolute Gasteiger partial charge is 0.383 e. The molecule has 3 saturated carbocycles. The molecule has 0 spiro atoms. The second-order valence-corrected chi connectivity index (χ2v) is 11.2. The van der Waals surface area contributed by atoms with Crippen LogP contribution in [0.1, 0.15) is 73.7 Å². The lowest BCUT2D eigenvalue weighted by Gasteiger charge is -2.59. The van der Waals surface area contributed by atoms with Crippen molar-refractivity contribution in [2.75, 3.05) is 0 Å². The summed E-state index contributed by atoms with van der Waals surface area (Å²) < 4.78 is 70.6. The van der Waals surface area contributed by atoms with E-state index in [0.717, 1.165) is 11.1 Å². The van der Waals surface area contributed by atoms with E-state index < -0.39 is 35.5 Å². The lowest BCUT2D eigenvalue weighted by Crippen LogP contribution is -2.66. The second-order valence-electron chi connectivity index (χ2n) is 11.2. The third kappa shape index (κ3) is 3.38. The van der Waals surface area contributed by atoms with E-state index >= 15 is 0 Å². The zero-order valence-corrected chi connectivity index (χ0v) is 19.5. The van der Waals surface area contributed by atoms with Crippen molar-refractivity contribution in [1.82, 2.24) is 0 Å². The van der Waals surface area contributed by atoms with Crippen molar-refractivity contribution < 1.29 is 36.6 Å². The van der Waals surface area contributed by atoms with Crippen molar-refractivity contribution in [2.24, 2.45) is 29.1 Å². The molecule has 0 amide bonds. The van der Waals surface area contributed by atoms with E-state index in [1.54, 1.807) is 30.3 Å². The van der Waals surface area contributed by atoms with Crippen molar-refractivity contribution in [3.05, 3.63) is 47.0 Å². The van der Waals surface area contributed by atoms with Gasteiger partial charge in [0, 0.05) is 17.4 Å². The summed E-state index contributed by atoms with van der Waals surface area (Å²) in [6, 6.07) is 6.75. The quantitative estimate of drug-likeness (QED) is 0.397. The Balaban J connectivity index is 1.63. The summed E-state index contributed by atoms with van der Waals surface area (Å²) >= 11 is 0. The predicted octanol–water partition coefficient (Wildman–Crippen LogP) is 6.26. The van der Waals surface area contributed by atoms with Gasteiger partial charge in [0.25, 0.3) is 0 Å². The summed E-state index contributed by atoms with van der Waals surface area (Å²) in [5, 5.41) is 11.2. The topological polar surface area (TPSA) is 54.4 Å². The average molecular weight is 497 g/mol. The average Bonchev–Trinajstić information content (AvgIpc) is 3.09. The Morgan fingerprint density at radius 2 is 1.69 bits per heavy atom. The van der Waals surface area contributed by atoms with Crippen molar-refractivity contribution in [3.63, 3.8) is 0 Å². The zero-order chi connectivity index (χ0) is 25.4. The molecule has 0 bridgehead atoms. The Hall–Kier alpha value is -2.09. The van der Waals surface area contributed by atoms with Crippen LogP contribution in [0.25, 0.3) is 0 Å². The van der Waals surface area contributed by atoms with Crippen LogP contribution in [-0.4, -0.2) is 34.9 Å². The fourth-order valence-corrected chi connectivity index (χ4v) is 8.23. The van der Waals surface area contributed by atoms with Crippen LogP contribution in [0.3, 0.4) is 0 Å². The Morgan fingerprint density at radius 1 is 1.00 bits per heavy atom. The van der Waals surface area contributed by atoms with E-state index in [4.69, 9.17) is 0 Å². The molecule has 4 aliphatic rings. The molecule has 1 aromatic rings. The van der Waals surface area contributed by atoms with Gasteiger partial charge in [-0.15, -0.1) is 0 Å². The molecule has 0 aromatic heterocycles. The SMILES string of the molecule is C[C@]12C[C@H](c3ccc(C=O)cc3)[C@H]3[C@@H](CCC4=CC(=O)CC[C@@H]43)[C@@H]1CC[C@@]2(O)C(F)(F)C(F)(F)F. The van der Waals surface area contributed by atoms with Gasteiger partial charge in [-0.2, -0.15) is 22.0 Å². The van der Waals surface area contributed by atoms with E-state index in [1.165, 1.54) is 6.92 Å². The number of aliphatic hydroxyl groups is 1. The van der Waals surface area contributed by atoms with Crippen LogP contribution in [0.4, 0.5) is 22.0 Å². The zero-order valence-electron chi connectivity index (χ0n) is 19.5. The molecule has 8 heteroatoms. The minimum Gasteiger partial charge on any atom is -0.383 e. The van der Waals surface area contributed by atoms with Crippen LogP contribution in [0.5, 0.6) is 0 Å². The molecule has 0 aliphatic heterocycles. The molecule has 1 N–H and O–H groups in total. The number of hydrogen-bond donors (Lipinski definition) is 1. The highest BCUT2D eigenvalue weighted by molar-refractivity contribution is 5.91. The first-order chi connectivity index (χ1) is 16.3. The van der Waals surface area contributed by atoms with Gasteiger partial charge in [0.1, 0.15) is 11.9 Å². The Bertz CT molecular complexity index is 1060. The van der Waals surface area contributed by atoms with Crippen LogP contribution in [0, 0.1) is 29.1 Å². The third-order valence-corrected chi connectivity index (χ3v) is 9.83. The summed E-state index contributed by atoms with van der Waals surface area (Å²) in [5.41, 5.74) is -2.58. The first-order valence-electron chi connectivity index (χ1n) is 12.3. The van der Waals surface area contributed by atoms with Crippen molar-refractivity contribution in [1.29, 1.82) is 0 Å². The van der Waals surface area contributed by atoms with Gasteiger partial charge in [0.05, 0.1) is 0 Å². The minimum absolute atomic E-state index is 0.0147. The maximum absolute atomic E-state index is 14.9. The Labute approximate surface area is 200 Å². The molecular weight excluding hydrogens is 467 g/mol. The molecule has 0 saturated heterocycles. The Morgan fingerprint density at radius 3 is 2.31 bits per heavy atom. The minimum atomic E-state index is -5.86. The van der Waals surface area contributed by atoms with Crippen molar-refractivity contribution in [3.8, 4) is 0 Å².